The molecule has 0 amide bonds. The lowest BCUT2D eigenvalue weighted by atomic mass is 10.0. The van der Waals surface area contributed by atoms with Gasteiger partial charge < -0.3 is 33.8 Å². The van der Waals surface area contributed by atoms with Gasteiger partial charge in [0.15, 0.2) is 12.2 Å². The van der Waals surface area contributed by atoms with Crippen LogP contribution in [0.5, 0.6) is 0 Å². The average Bonchev–Trinajstić information content (AvgIpc) is 3.61. The third-order valence-corrected chi connectivity index (χ3v) is 18.0. The standard InChI is InChI=1S/C70H136O17P2/c1-60(2)46-38-30-22-16-12-9-10-14-18-26-36-44-52-69(74)87-66(57-81-68(73)51-43-35-29-28-33-41-49-63(7)8)59-85-89(78,79)83-55-64(71)54-82-88(76,77)84-58-65(56-80-67(72)50-42-34-25-21-20-24-32-40-48-62(5)6)86-70(75)53-45-37-27-19-15-11-13-17-23-31-39-47-61(3)4/h60-66,71H,9-59H2,1-8H3,(H,76,77)(H,78,79)/t64?,65-,66-/m1/s1. The fourth-order valence-electron chi connectivity index (χ4n) is 10.5. The van der Waals surface area contributed by atoms with Crippen LogP contribution in [0, 0.1) is 23.7 Å². The van der Waals surface area contributed by atoms with Crippen LogP contribution in [0.4, 0.5) is 0 Å². The summed E-state index contributed by atoms with van der Waals surface area (Å²) in [6, 6.07) is 0. The molecule has 89 heavy (non-hydrogen) atoms. The summed E-state index contributed by atoms with van der Waals surface area (Å²) in [5.74, 6) is 0.817. The molecule has 0 fully saturated rings. The number of phosphoric acid groups is 2. The van der Waals surface area contributed by atoms with E-state index >= 15 is 0 Å². The van der Waals surface area contributed by atoms with Crippen molar-refractivity contribution in [3.8, 4) is 0 Å². The summed E-state index contributed by atoms with van der Waals surface area (Å²) in [5, 5.41) is 10.6. The second-order valence-corrected chi connectivity index (χ2v) is 30.1. The highest BCUT2D eigenvalue weighted by molar-refractivity contribution is 7.47. The van der Waals surface area contributed by atoms with Crippen molar-refractivity contribution >= 4 is 39.5 Å². The van der Waals surface area contributed by atoms with Crippen LogP contribution in [-0.2, 0) is 65.4 Å². The Bertz CT molecular complexity index is 1760. The van der Waals surface area contributed by atoms with Gasteiger partial charge in [-0.2, -0.15) is 0 Å². The number of unbranched alkanes of at least 4 members (excludes halogenated alkanes) is 33. The summed E-state index contributed by atoms with van der Waals surface area (Å²) in [6.45, 7) is 14.0. The zero-order valence-electron chi connectivity index (χ0n) is 58.1. The molecule has 5 atom stereocenters. The number of esters is 4. The minimum absolute atomic E-state index is 0.105. The third-order valence-electron chi connectivity index (χ3n) is 16.1. The smallest absolute Gasteiger partial charge is 0.462 e. The topological polar surface area (TPSA) is 237 Å². The fraction of sp³-hybridized carbons (Fsp3) is 0.943. The SMILES string of the molecule is CC(C)CCCCCCCCCCCCCCC(=O)O[C@H](COC(=O)CCCCCCCCC(C)C)COP(=O)(O)OCC(O)COP(=O)(O)OC[C@@H](COC(=O)CCCCCCCCCCC(C)C)OC(=O)CCCCCCCCCCCCCC(C)C. The predicted octanol–water partition coefficient (Wildman–Crippen LogP) is 19.7. The second kappa shape index (κ2) is 59.8. The van der Waals surface area contributed by atoms with Crippen LogP contribution >= 0.6 is 15.6 Å². The van der Waals surface area contributed by atoms with E-state index < -0.39 is 97.5 Å². The Kier molecular flexibility index (Phi) is 58.5. The van der Waals surface area contributed by atoms with E-state index in [0.29, 0.717) is 31.6 Å². The maximum atomic E-state index is 13.0. The van der Waals surface area contributed by atoms with Gasteiger partial charge in [-0.15, -0.1) is 0 Å². The molecular formula is C70H136O17P2. The van der Waals surface area contributed by atoms with Crippen molar-refractivity contribution in [2.45, 2.75) is 363 Å². The van der Waals surface area contributed by atoms with Crippen LogP contribution in [-0.4, -0.2) is 96.7 Å². The summed E-state index contributed by atoms with van der Waals surface area (Å²) in [7, 11) is -9.90. The van der Waals surface area contributed by atoms with Crippen molar-refractivity contribution in [3.63, 3.8) is 0 Å². The zero-order valence-corrected chi connectivity index (χ0v) is 59.8. The maximum Gasteiger partial charge on any atom is 0.472 e. The minimum Gasteiger partial charge on any atom is -0.462 e. The van der Waals surface area contributed by atoms with E-state index in [-0.39, 0.29) is 25.7 Å². The average molecular weight is 1310 g/mol. The van der Waals surface area contributed by atoms with Gasteiger partial charge in [-0.3, -0.25) is 37.3 Å². The lowest BCUT2D eigenvalue weighted by Crippen LogP contribution is -2.30. The molecule has 0 aliphatic carbocycles. The van der Waals surface area contributed by atoms with E-state index in [2.05, 4.69) is 55.4 Å². The number of hydrogen-bond acceptors (Lipinski definition) is 15. The van der Waals surface area contributed by atoms with Crippen LogP contribution in [0.1, 0.15) is 344 Å². The zero-order chi connectivity index (χ0) is 66.1. The molecular weight excluding hydrogens is 1170 g/mol. The second-order valence-electron chi connectivity index (χ2n) is 27.2. The van der Waals surface area contributed by atoms with Crippen molar-refractivity contribution in [1.82, 2.24) is 0 Å². The van der Waals surface area contributed by atoms with Crippen LogP contribution in [0.15, 0.2) is 0 Å². The van der Waals surface area contributed by atoms with Gasteiger partial charge in [0.05, 0.1) is 26.4 Å². The maximum absolute atomic E-state index is 13.0. The van der Waals surface area contributed by atoms with E-state index in [9.17, 15) is 43.2 Å². The summed E-state index contributed by atoms with van der Waals surface area (Å²) >= 11 is 0. The Labute approximate surface area is 543 Å². The largest absolute Gasteiger partial charge is 0.472 e. The van der Waals surface area contributed by atoms with Crippen LogP contribution in [0.3, 0.4) is 0 Å². The molecule has 528 valence electrons. The lowest BCUT2D eigenvalue weighted by molar-refractivity contribution is -0.161. The number of rotatable bonds is 67. The molecule has 0 aromatic carbocycles. The van der Waals surface area contributed by atoms with Gasteiger partial charge in [-0.1, -0.05) is 293 Å². The highest BCUT2D eigenvalue weighted by Crippen LogP contribution is 2.45. The van der Waals surface area contributed by atoms with E-state index in [0.717, 1.165) is 114 Å². The fourth-order valence-corrected chi connectivity index (χ4v) is 12.1. The molecule has 0 spiro atoms. The number of ether oxygens (including phenoxy) is 4. The van der Waals surface area contributed by atoms with Crippen molar-refractivity contribution in [2.75, 3.05) is 39.6 Å². The molecule has 0 aromatic heterocycles. The molecule has 0 bridgehead atoms. The van der Waals surface area contributed by atoms with Gasteiger partial charge in [-0.25, -0.2) is 9.13 Å². The first kappa shape index (κ1) is 87.1. The Morgan fingerprint density at radius 1 is 0.281 bits per heavy atom. The highest BCUT2D eigenvalue weighted by Gasteiger charge is 2.30. The number of phosphoric ester groups is 2. The molecule has 0 aliphatic heterocycles. The molecule has 17 nitrogen and oxygen atoms in total. The van der Waals surface area contributed by atoms with Gasteiger partial charge in [0, 0.05) is 25.7 Å². The quantitative estimate of drug-likeness (QED) is 0.0222. The first-order chi connectivity index (χ1) is 42.6. The molecule has 0 rings (SSSR count). The first-order valence-electron chi connectivity index (χ1n) is 36.2. The normalized spacial score (nSPS) is 14.3. The van der Waals surface area contributed by atoms with E-state index in [4.69, 9.17) is 37.0 Å². The summed E-state index contributed by atoms with van der Waals surface area (Å²) in [5.41, 5.74) is 0. The molecule has 0 heterocycles. The van der Waals surface area contributed by atoms with Crippen molar-refractivity contribution < 1.29 is 80.2 Å². The van der Waals surface area contributed by atoms with Gasteiger partial charge >= 0.3 is 39.5 Å². The summed E-state index contributed by atoms with van der Waals surface area (Å²) in [6.07, 6.45) is 41.8. The lowest BCUT2D eigenvalue weighted by Gasteiger charge is -2.21. The molecule has 0 radical (unpaired) electrons. The van der Waals surface area contributed by atoms with Crippen LogP contribution < -0.4 is 0 Å². The Hall–Kier alpha value is -1.94. The number of aliphatic hydroxyl groups excluding tert-OH is 1. The van der Waals surface area contributed by atoms with Gasteiger partial charge in [-0.05, 0) is 49.4 Å². The van der Waals surface area contributed by atoms with Crippen LogP contribution in [0.2, 0.25) is 0 Å². The molecule has 19 heteroatoms. The van der Waals surface area contributed by atoms with Crippen molar-refractivity contribution in [2.24, 2.45) is 23.7 Å². The van der Waals surface area contributed by atoms with E-state index in [1.165, 1.54) is 141 Å². The number of carbonyl (C=O) groups excluding carboxylic acids is 4. The molecule has 3 unspecified atom stereocenters. The number of hydrogen-bond donors (Lipinski definition) is 3. The molecule has 0 aliphatic rings. The molecule has 0 saturated carbocycles. The van der Waals surface area contributed by atoms with E-state index in [1.807, 2.05) is 0 Å². The highest BCUT2D eigenvalue weighted by atomic mass is 31.2. The van der Waals surface area contributed by atoms with Crippen LogP contribution in [0.25, 0.3) is 0 Å². The number of carbonyl (C=O) groups is 4. The predicted molar refractivity (Wildman–Crippen MR) is 358 cm³/mol. The van der Waals surface area contributed by atoms with Gasteiger partial charge in [0.2, 0.25) is 0 Å². The van der Waals surface area contributed by atoms with E-state index in [1.54, 1.807) is 0 Å². The Morgan fingerprint density at radius 2 is 0.472 bits per heavy atom. The molecule has 3 N–H and O–H groups in total. The van der Waals surface area contributed by atoms with Crippen molar-refractivity contribution in [3.05, 3.63) is 0 Å². The Morgan fingerprint density at radius 3 is 0.697 bits per heavy atom. The van der Waals surface area contributed by atoms with Gasteiger partial charge in [0.25, 0.3) is 0 Å². The molecule has 0 saturated heterocycles. The summed E-state index contributed by atoms with van der Waals surface area (Å²) < 4.78 is 68.3. The minimum atomic E-state index is -4.95. The molecule has 0 aromatic rings. The monoisotopic (exact) mass is 1310 g/mol. The Balaban J connectivity index is 5.24. The summed E-state index contributed by atoms with van der Waals surface area (Å²) in [4.78, 5) is 72.5. The first-order valence-corrected chi connectivity index (χ1v) is 39.2. The number of aliphatic hydroxyl groups is 1. The van der Waals surface area contributed by atoms with Gasteiger partial charge in [0.1, 0.15) is 19.3 Å². The third kappa shape index (κ3) is 64.6. The van der Waals surface area contributed by atoms with Crippen molar-refractivity contribution in [1.29, 1.82) is 0 Å².